The molecule has 4 aliphatic carbocycles. The van der Waals surface area contributed by atoms with E-state index in [9.17, 15) is 14.7 Å². The molecule has 0 bridgehead atoms. The SMILES string of the molecule is CNc1ccc([C@H]2C[C@@]3(C)[C@@H](CC[C@]3(C#CCO)C(=O)COC)[C@@H]3CC(F)C4=CC(=O)CCC4=C32)cc1. The molecule has 0 aromatic heterocycles. The number of anilines is 1. The fourth-order valence-corrected chi connectivity index (χ4v) is 8.02. The fourth-order valence-electron chi connectivity index (χ4n) is 8.02. The molecule has 6 atom stereocenters. The molecule has 0 spiro atoms. The van der Waals surface area contributed by atoms with Gasteiger partial charge in [0.25, 0.3) is 0 Å². The topological polar surface area (TPSA) is 75.6 Å². The Labute approximate surface area is 218 Å². The summed E-state index contributed by atoms with van der Waals surface area (Å²) in [6.07, 6.45) is 3.70. The van der Waals surface area contributed by atoms with Crippen LogP contribution in [0.3, 0.4) is 0 Å². The lowest BCUT2D eigenvalue weighted by Gasteiger charge is -2.55. The Hall–Kier alpha value is -2.75. The Kier molecular flexibility index (Phi) is 6.89. The molecule has 2 saturated carbocycles. The lowest BCUT2D eigenvalue weighted by molar-refractivity contribution is -0.136. The van der Waals surface area contributed by atoms with Crippen LogP contribution in [-0.2, 0) is 14.3 Å². The highest BCUT2D eigenvalue weighted by molar-refractivity contribution is 5.93. The minimum absolute atomic E-state index is 0.000319. The van der Waals surface area contributed by atoms with Crippen LogP contribution in [0.2, 0.25) is 0 Å². The number of ketones is 2. The minimum atomic E-state index is -1.18. The van der Waals surface area contributed by atoms with Crippen molar-refractivity contribution in [3.8, 4) is 11.8 Å². The van der Waals surface area contributed by atoms with Crippen molar-refractivity contribution in [3.05, 3.63) is 52.6 Å². The number of aliphatic hydroxyl groups excluding tert-OH is 1. The Bertz CT molecular complexity index is 1220. The lowest BCUT2D eigenvalue weighted by atomic mass is 9.48. The summed E-state index contributed by atoms with van der Waals surface area (Å²) in [5.74, 6) is 6.02. The van der Waals surface area contributed by atoms with Crippen molar-refractivity contribution in [1.29, 1.82) is 0 Å². The summed E-state index contributed by atoms with van der Waals surface area (Å²) < 4.78 is 21.0. The monoisotopic (exact) mass is 505 g/mol. The number of carbonyl (C=O) groups excluding carboxylic acids is 2. The van der Waals surface area contributed by atoms with Gasteiger partial charge >= 0.3 is 0 Å². The number of hydrogen-bond donors (Lipinski definition) is 2. The van der Waals surface area contributed by atoms with E-state index in [0.717, 1.165) is 23.2 Å². The molecule has 5 rings (SSSR count). The second-order valence-electron chi connectivity index (χ2n) is 11.2. The van der Waals surface area contributed by atoms with Crippen LogP contribution >= 0.6 is 0 Å². The van der Waals surface area contributed by atoms with Crippen molar-refractivity contribution in [3.63, 3.8) is 0 Å². The van der Waals surface area contributed by atoms with Crippen molar-refractivity contribution in [2.45, 2.75) is 57.5 Å². The van der Waals surface area contributed by atoms with Gasteiger partial charge in [0.15, 0.2) is 11.6 Å². The van der Waals surface area contributed by atoms with Gasteiger partial charge in [-0.3, -0.25) is 9.59 Å². The Morgan fingerprint density at radius 3 is 2.70 bits per heavy atom. The van der Waals surface area contributed by atoms with E-state index in [1.807, 2.05) is 7.05 Å². The van der Waals surface area contributed by atoms with Gasteiger partial charge in [-0.2, -0.15) is 0 Å². The van der Waals surface area contributed by atoms with Crippen molar-refractivity contribution in [2.24, 2.45) is 22.7 Å². The molecule has 0 saturated heterocycles. The van der Waals surface area contributed by atoms with Crippen molar-refractivity contribution < 1.29 is 23.8 Å². The predicted octanol–water partition coefficient (Wildman–Crippen LogP) is 4.77. The molecular weight excluding hydrogens is 469 g/mol. The first-order chi connectivity index (χ1) is 17.8. The van der Waals surface area contributed by atoms with Crippen molar-refractivity contribution in [1.82, 2.24) is 0 Å². The van der Waals surface area contributed by atoms with Gasteiger partial charge in [-0.05, 0) is 84.3 Å². The van der Waals surface area contributed by atoms with Crippen LogP contribution < -0.4 is 5.32 Å². The van der Waals surface area contributed by atoms with Crippen LogP contribution in [-0.4, -0.2) is 50.2 Å². The molecule has 4 aliphatic rings. The summed E-state index contributed by atoms with van der Waals surface area (Å²) >= 11 is 0. The quantitative estimate of drug-likeness (QED) is 0.564. The minimum Gasteiger partial charge on any atom is -0.388 e. The molecule has 0 radical (unpaired) electrons. The number of hydrogen-bond acceptors (Lipinski definition) is 5. The number of rotatable bonds is 5. The number of nitrogens with one attached hydrogen (secondary N) is 1. The van der Waals surface area contributed by atoms with Gasteiger partial charge < -0.3 is 15.2 Å². The second-order valence-corrected chi connectivity index (χ2v) is 11.2. The predicted molar refractivity (Wildman–Crippen MR) is 141 cm³/mol. The number of ether oxygens (including phenoxy) is 1. The highest BCUT2D eigenvalue weighted by atomic mass is 19.1. The van der Waals surface area contributed by atoms with E-state index in [-0.39, 0.29) is 42.5 Å². The zero-order valence-corrected chi connectivity index (χ0v) is 21.9. The van der Waals surface area contributed by atoms with Crippen LogP contribution in [0.1, 0.15) is 56.9 Å². The van der Waals surface area contributed by atoms with Crippen LogP contribution in [0.4, 0.5) is 10.1 Å². The van der Waals surface area contributed by atoms with Gasteiger partial charge in [-0.15, -0.1) is 0 Å². The third-order valence-corrected chi connectivity index (χ3v) is 9.68. The molecule has 1 aromatic rings. The van der Waals surface area contributed by atoms with Crippen LogP contribution in [0, 0.1) is 34.5 Å². The van der Waals surface area contributed by atoms with Crippen LogP contribution in [0.15, 0.2) is 47.1 Å². The summed E-state index contributed by atoms with van der Waals surface area (Å²) in [6.45, 7) is 1.80. The van der Waals surface area contributed by atoms with E-state index in [1.54, 1.807) is 0 Å². The molecule has 196 valence electrons. The van der Waals surface area contributed by atoms with Gasteiger partial charge in [0, 0.05) is 32.2 Å². The van der Waals surface area contributed by atoms with Crippen LogP contribution in [0.5, 0.6) is 0 Å². The molecule has 2 N–H and O–H groups in total. The largest absolute Gasteiger partial charge is 0.388 e. The molecule has 5 nitrogen and oxygen atoms in total. The highest BCUT2D eigenvalue weighted by Crippen LogP contribution is 2.69. The maximum atomic E-state index is 15.7. The summed E-state index contributed by atoms with van der Waals surface area (Å²) in [5.41, 5.74) is 3.52. The number of aliphatic hydroxyl groups is 1. The van der Waals surface area contributed by atoms with E-state index in [4.69, 9.17) is 4.74 Å². The van der Waals surface area contributed by atoms with E-state index < -0.39 is 17.0 Å². The third kappa shape index (κ3) is 3.99. The molecule has 0 aliphatic heterocycles. The highest BCUT2D eigenvalue weighted by Gasteiger charge is 2.66. The number of allylic oxidation sites excluding steroid dienone is 4. The first-order valence-electron chi connectivity index (χ1n) is 13.3. The number of halogens is 1. The van der Waals surface area contributed by atoms with Crippen molar-refractivity contribution >= 4 is 17.3 Å². The number of Topliss-reactive ketones (excluding diaryl/α,β-unsaturated/α-hetero) is 1. The third-order valence-electron chi connectivity index (χ3n) is 9.68. The average molecular weight is 506 g/mol. The maximum absolute atomic E-state index is 15.7. The maximum Gasteiger partial charge on any atom is 0.176 e. The lowest BCUT2D eigenvalue weighted by Crippen LogP contribution is -2.52. The summed E-state index contributed by atoms with van der Waals surface area (Å²) in [7, 11) is 3.40. The van der Waals surface area contributed by atoms with Gasteiger partial charge in [0.05, 0.1) is 5.41 Å². The summed E-state index contributed by atoms with van der Waals surface area (Å²) in [4.78, 5) is 25.9. The Morgan fingerprint density at radius 2 is 2.03 bits per heavy atom. The number of methoxy groups -OCH3 is 1. The summed E-state index contributed by atoms with van der Waals surface area (Å²) in [6, 6.07) is 8.35. The second kappa shape index (κ2) is 9.85. The number of fused-ring (bicyclic) bond motifs is 4. The van der Waals surface area contributed by atoms with Gasteiger partial charge in [0.2, 0.25) is 0 Å². The van der Waals surface area contributed by atoms with E-state index in [0.29, 0.717) is 37.7 Å². The van der Waals surface area contributed by atoms with Crippen LogP contribution in [0.25, 0.3) is 0 Å². The standard InChI is InChI=1S/C31H36FNO4/c1-30-17-25(19-5-7-20(33-2)8-6-19)29-22-10-9-21(35)15-23(22)27(32)16-24(29)26(30)11-13-31(30,12-4-14-34)28(36)18-37-3/h5-8,15,24-27,33-34H,9-11,13-14,16-18H2,1-3H3/t24-,25+,26-,27?,30-,31+/m0/s1. The normalized spacial score (nSPS) is 34.5. The first-order valence-corrected chi connectivity index (χ1v) is 13.3. The van der Waals surface area contributed by atoms with Crippen molar-refractivity contribution in [2.75, 3.05) is 32.7 Å². The van der Waals surface area contributed by atoms with E-state index in [2.05, 4.69) is 48.3 Å². The van der Waals surface area contributed by atoms with Gasteiger partial charge in [0.1, 0.15) is 19.4 Å². The smallest absolute Gasteiger partial charge is 0.176 e. The van der Waals surface area contributed by atoms with E-state index >= 15 is 4.39 Å². The van der Waals surface area contributed by atoms with Gasteiger partial charge in [-0.25, -0.2) is 4.39 Å². The molecular formula is C31H36FNO4. The molecule has 1 unspecified atom stereocenters. The fraction of sp³-hybridized carbons (Fsp3) is 0.548. The number of carbonyl (C=O) groups is 2. The molecule has 1 aromatic carbocycles. The number of alkyl halides is 1. The molecule has 2 fully saturated rings. The van der Waals surface area contributed by atoms with E-state index in [1.165, 1.54) is 18.8 Å². The molecule has 37 heavy (non-hydrogen) atoms. The molecule has 0 heterocycles. The zero-order valence-electron chi connectivity index (χ0n) is 21.9. The summed E-state index contributed by atoms with van der Waals surface area (Å²) in [5, 5.41) is 12.7. The number of benzene rings is 1. The molecule has 0 amide bonds. The first kappa shape index (κ1) is 25.9. The Morgan fingerprint density at radius 1 is 1.27 bits per heavy atom. The average Bonchev–Trinajstić information content (AvgIpc) is 3.20. The van der Waals surface area contributed by atoms with Gasteiger partial charge in [-0.1, -0.05) is 36.5 Å². The molecule has 6 heteroatoms. The Balaban J connectivity index is 1.71. The zero-order chi connectivity index (χ0) is 26.4.